The lowest BCUT2D eigenvalue weighted by molar-refractivity contribution is 0.486. The molecule has 0 amide bonds. The zero-order valence-electron chi connectivity index (χ0n) is 20.3. The molecule has 1 atom stereocenters. The summed E-state index contributed by atoms with van der Waals surface area (Å²) < 4.78 is 0. The molecule has 0 saturated heterocycles. The van der Waals surface area contributed by atoms with Gasteiger partial charge in [-0.1, -0.05) is 103 Å². The highest BCUT2D eigenvalue weighted by Gasteiger charge is 2.43. The molecule has 2 saturated carbocycles. The highest BCUT2D eigenvalue weighted by molar-refractivity contribution is 7.64. The van der Waals surface area contributed by atoms with Gasteiger partial charge in [-0.25, -0.2) is 0 Å². The molecule has 0 aromatic carbocycles. The topological polar surface area (TPSA) is 0 Å². The first-order valence-electron chi connectivity index (χ1n) is 12.3. The van der Waals surface area contributed by atoms with Crippen LogP contribution in [0.15, 0.2) is 22.7 Å². The summed E-state index contributed by atoms with van der Waals surface area (Å²) in [5.74, 6) is 0. The van der Waals surface area contributed by atoms with Crippen LogP contribution in [0, 0.1) is 6.08 Å². The zero-order valence-corrected chi connectivity index (χ0v) is 22.1. The van der Waals surface area contributed by atoms with Crippen LogP contribution in [-0.2, 0) is 0 Å². The molecule has 29 heavy (non-hydrogen) atoms. The Labute approximate surface area is 184 Å². The standard InChI is InChI=1S/C27H45P2/c1-21(29(26(2,3)4)27(5,6)7)24-19-14-20-25(24)28(22-15-10-8-11-16-22)23-17-12-9-13-18-23/h14,21-23H,8-13,15-18H2,1-7H3/t21-/m0/s1. The second-order valence-corrected chi connectivity index (χ2v) is 18.5. The van der Waals surface area contributed by atoms with Gasteiger partial charge in [-0.15, -0.1) is 5.73 Å². The summed E-state index contributed by atoms with van der Waals surface area (Å²) >= 11 is 0. The molecule has 3 aliphatic rings. The number of rotatable bonds is 5. The molecule has 0 bridgehead atoms. The van der Waals surface area contributed by atoms with Gasteiger partial charge in [-0.3, -0.25) is 0 Å². The third kappa shape index (κ3) is 5.68. The van der Waals surface area contributed by atoms with E-state index in [2.05, 4.69) is 66.3 Å². The number of hydrogen-bond donors (Lipinski definition) is 0. The van der Waals surface area contributed by atoms with Gasteiger partial charge in [-0.05, 0) is 65.0 Å². The molecule has 0 unspecified atom stereocenters. The van der Waals surface area contributed by atoms with Crippen molar-refractivity contribution >= 4 is 15.8 Å². The van der Waals surface area contributed by atoms with Gasteiger partial charge in [0, 0.05) is 11.0 Å². The largest absolute Gasteiger partial charge is 0.111 e. The van der Waals surface area contributed by atoms with Crippen LogP contribution < -0.4 is 0 Å². The molecule has 0 nitrogen and oxygen atoms in total. The molecular weight excluding hydrogens is 386 g/mol. The minimum absolute atomic E-state index is 0.0812. The van der Waals surface area contributed by atoms with Crippen LogP contribution in [0.4, 0.5) is 0 Å². The average Bonchev–Trinajstić information content (AvgIpc) is 3.11. The lowest BCUT2D eigenvalue weighted by Gasteiger charge is -2.47. The molecule has 1 radical (unpaired) electrons. The Morgan fingerprint density at radius 2 is 1.24 bits per heavy atom. The van der Waals surface area contributed by atoms with Crippen LogP contribution in [-0.4, -0.2) is 27.3 Å². The van der Waals surface area contributed by atoms with Crippen LogP contribution in [0.25, 0.3) is 0 Å². The van der Waals surface area contributed by atoms with Crippen LogP contribution >= 0.6 is 15.8 Å². The van der Waals surface area contributed by atoms with Crippen LogP contribution in [0.5, 0.6) is 0 Å². The SMILES string of the molecule is C[C@@H](C1=[C]C=C=C1P(C1CCCCC1)C1CCCCC1)P(C(C)(C)C)C(C)(C)C. The molecule has 0 spiro atoms. The van der Waals surface area contributed by atoms with Crippen molar-refractivity contribution in [3.63, 3.8) is 0 Å². The molecule has 2 fully saturated rings. The Morgan fingerprint density at radius 1 is 0.793 bits per heavy atom. The molecule has 3 rings (SSSR count). The van der Waals surface area contributed by atoms with Gasteiger partial charge in [0.2, 0.25) is 0 Å². The van der Waals surface area contributed by atoms with Crippen LogP contribution in [0.2, 0.25) is 0 Å². The first kappa shape index (κ1) is 23.8. The van der Waals surface area contributed by atoms with Gasteiger partial charge in [0.05, 0.1) is 0 Å². The van der Waals surface area contributed by atoms with E-state index in [0.29, 0.717) is 16.0 Å². The van der Waals surface area contributed by atoms with Gasteiger partial charge in [0.1, 0.15) is 0 Å². The van der Waals surface area contributed by atoms with Crippen molar-refractivity contribution in [2.75, 3.05) is 0 Å². The van der Waals surface area contributed by atoms with E-state index in [-0.39, 0.29) is 15.8 Å². The van der Waals surface area contributed by atoms with Gasteiger partial charge in [0.15, 0.2) is 0 Å². The van der Waals surface area contributed by atoms with Crippen LogP contribution in [0.3, 0.4) is 0 Å². The average molecular weight is 432 g/mol. The molecule has 0 heterocycles. The van der Waals surface area contributed by atoms with Crippen LogP contribution in [0.1, 0.15) is 113 Å². The fourth-order valence-electron chi connectivity index (χ4n) is 6.54. The second kappa shape index (κ2) is 9.72. The Kier molecular flexibility index (Phi) is 7.97. The van der Waals surface area contributed by atoms with Crippen molar-refractivity contribution in [1.82, 2.24) is 0 Å². The summed E-state index contributed by atoms with van der Waals surface area (Å²) in [5, 5.41) is 2.37. The molecule has 2 heteroatoms. The van der Waals surface area contributed by atoms with E-state index in [1.807, 2.05) is 0 Å². The Morgan fingerprint density at radius 3 is 1.66 bits per heavy atom. The maximum Gasteiger partial charge on any atom is 0.0224 e. The molecule has 0 aliphatic heterocycles. The second-order valence-electron chi connectivity index (χ2n) is 11.6. The van der Waals surface area contributed by atoms with Crippen molar-refractivity contribution in [2.24, 2.45) is 0 Å². The third-order valence-electron chi connectivity index (χ3n) is 7.14. The maximum atomic E-state index is 3.82. The van der Waals surface area contributed by atoms with Gasteiger partial charge in [-0.2, -0.15) is 0 Å². The summed E-state index contributed by atoms with van der Waals surface area (Å²) in [6.45, 7) is 17.3. The van der Waals surface area contributed by atoms with E-state index in [9.17, 15) is 0 Å². The Hall–Kier alpha value is 0.120. The van der Waals surface area contributed by atoms with Crippen molar-refractivity contribution in [1.29, 1.82) is 0 Å². The van der Waals surface area contributed by atoms with Gasteiger partial charge >= 0.3 is 0 Å². The highest BCUT2D eigenvalue weighted by atomic mass is 31.1. The summed E-state index contributed by atoms with van der Waals surface area (Å²) in [4.78, 5) is 0. The molecular formula is C27H45P2. The first-order chi connectivity index (χ1) is 13.6. The molecule has 0 aromatic rings. The van der Waals surface area contributed by atoms with Crippen molar-refractivity contribution in [3.05, 3.63) is 28.8 Å². The van der Waals surface area contributed by atoms with E-state index >= 15 is 0 Å². The Bertz CT molecular complexity index is 607. The zero-order chi connectivity index (χ0) is 21.2. The fourth-order valence-corrected chi connectivity index (χ4v) is 15.4. The van der Waals surface area contributed by atoms with E-state index in [1.54, 1.807) is 10.9 Å². The van der Waals surface area contributed by atoms with Crippen molar-refractivity contribution in [3.8, 4) is 0 Å². The van der Waals surface area contributed by atoms with E-state index in [0.717, 1.165) is 11.3 Å². The van der Waals surface area contributed by atoms with E-state index in [4.69, 9.17) is 0 Å². The maximum absolute atomic E-state index is 3.82. The number of allylic oxidation sites excluding steroid dienone is 3. The van der Waals surface area contributed by atoms with Crippen molar-refractivity contribution < 1.29 is 0 Å². The fraction of sp³-hybridized carbons (Fsp3) is 0.815. The minimum atomic E-state index is -0.171. The first-order valence-corrected chi connectivity index (χ1v) is 15.2. The van der Waals surface area contributed by atoms with Gasteiger partial charge in [0.25, 0.3) is 0 Å². The quantitative estimate of drug-likeness (QED) is 0.300. The highest BCUT2D eigenvalue weighted by Crippen LogP contribution is 2.69. The Balaban J connectivity index is 1.91. The lowest BCUT2D eigenvalue weighted by atomic mass is 9.99. The molecule has 163 valence electrons. The normalized spacial score (nSPS) is 23.6. The summed E-state index contributed by atoms with van der Waals surface area (Å²) in [6.07, 6.45) is 20.6. The smallest absolute Gasteiger partial charge is 0.0224 e. The van der Waals surface area contributed by atoms with Crippen molar-refractivity contribution in [2.45, 2.75) is 140 Å². The van der Waals surface area contributed by atoms with E-state index < -0.39 is 0 Å². The molecule has 3 aliphatic carbocycles. The molecule has 0 aromatic heterocycles. The summed E-state index contributed by atoms with van der Waals surface area (Å²) in [7, 11) is -0.252. The van der Waals surface area contributed by atoms with Gasteiger partial charge < -0.3 is 0 Å². The summed E-state index contributed by atoms with van der Waals surface area (Å²) in [5.41, 5.74) is 7.92. The minimum Gasteiger partial charge on any atom is -0.111 e. The predicted octanol–water partition coefficient (Wildman–Crippen LogP) is 9.38. The molecule has 0 N–H and O–H groups in total. The third-order valence-corrected chi connectivity index (χ3v) is 14.6. The lowest BCUT2D eigenvalue weighted by Crippen LogP contribution is -2.32. The van der Waals surface area contributed by atoms with E-state index in [1.165, 1.54) is 64.2 Å². The monoisotopic (exact) mass is 431 g/mol. The summed E-state index contributed by atoms with van der Waals surface area (Å²) in [6, 6.07) is 0. The number of hydrogen-bond acceptors (Lipinski definition) is 0. The predicted molar refractivity (Wildman–Crippen MR) is 135 cm³/mol.